The number of esters is 1. The van der Waals surface area contributed by atoms with E-state index < -0.39 is 5.97 Å². The Hall–Kier alpha value is -1.75. The van der Waals surface area contributed by atoms with E-state index in [-0.39, 0.29) is 5.69 Å². The van der Waals surface area contributed by atoms with Gasteiger partial charge in [0.1, 0.15) is 0 Å². The number of methoxy groups -OCH3 is 2. The number of aromatic nitrogens is 2. The van der Waals surface area contributed by atoms with Crippen LogP contribution in [0.4, 0.5) is 0 Å². The molecule has 15 heavy (non-hydrogen) atoms. The maximum absolute atomic E-state index is 11.0. The molecule has 0 bridgehead atoms. The molecule has 0 amide bonds. The van der Waals surface area contributed by atoms with Crippen LogP contribution in [0, 0.1) is 0 Å². The minimum Gasteiger partial charge on any atom is -0.464 e. The fourth-order valence-electron chi connectivity index (χ4n) is 0.899. The summed E-state index contributed by atoms with van der Waals surface area (Å²) in [5.41, 5.74) is 0.862. The number of carbonyl (C=O) groups excluding carboxylic acids is 1. The number of hydrogen-bond donors (Lipinski definition) is 0. The van der Waals surface area contributed by atoms with Crippen molar-refractivity contribution in [3.8, 4) is 0 Å². The van der Waals surface area contributed by atoms with E-state index in [2.05, 4.69) is 14.7 Å². The first-order chi connectivity index (χ1) is 7.27. The standard InChI is InChI=1S/C10H12N2O3/c1-14-5-3-4-8-6-12-9(7-11-8)10(13)15-2/h3-4,6-7H,5H2,1-2H3/b4-3-. The molecule has 0 aliphatic heterocycles. The van der Waals surface area contributed by atoms with Gasteiger partial charge in [-0.15, -0.1) is 0 Å². The molecular formula is C10H12N2O3. The van der Waals surface area contributed by atoms with Crippen molar-refractivity contribution >= 4 is 12.0 Å². The number of hydrogen-bond acceptors (Lipinski definition) is 5. The predicted octanol–water partition coefficient (Wildman–Crippen LogP) is 0.923. The summed E-state index contributed by atoms with van der Waals surface area (Å²) < 4.78 is 9.33. The maximum Gasteiger partial charge on any atom is 0.358 e. The summed E-state index contributed by atoms with van der Waals surface area (Å²) in [4.78, 5) is 18.9. The lowest BCUT2D eigenvalue weighted by atomic mass is 10.3. The Kier molecular flexibility index (Phi) is 4.43. The molecular weight excluding hydrogens is 196 g/mol. The number of nitrogens with zero attached hydrogens (tertiary/aromatic N) is 2. The van der Waals surface area contributed by atoms with Crippen molar-refractivity contribution in [1.82, 2.24) is 9.97 Å². The zero-order chi connectivity index (χ0) is 11.1. The average Bonchev–Trinajstić information content (AvgIpc) is 2.29. The summed E-state index contributed by atoms with van der Waals surface area (Å²) in [5, 5.41) is 0. The molecule has 0 aliphatic rings. The van der Waals surface area contributed by atoms with Crippen molar-refractivity contribution < 1.29 is 14.3 Å². The first-order valence-electron chi connectivity index (χ1n) is 4.33. The zero-order valence-corrected chi connectivity index (χ0v) is 8.64. The minimum atomic E-state index is -0.491. The fourth-order valence-corrected chi connectivity index (χ4v) is 0.899. The van der Waals surface area contributed by atoms with E-state index in [1.807, 2.05) is 6.08 Å². The molecule has 0 fully saturated rings. The minimum absolute atomic E-state index is 0.196. The zero-order valence-electron chi connectivity index (χ0n) is 8.64. The van der Waals surface area contributed by atoms with Crippen LogP contribution in [-0.2, 0) is 9.47 Å². The van der Waals surface area contributed by atoms with Crippen LogP contribution < -0.4 is 0 Å². The van der Waals surface area contributed by atoms with Gasteiger partial charge in [-0.1, -0.05) is 6.08 Å². The normalized spacial score (nSPS) is 10.5. The molecule has 0 aliphatic carbocycles. The molecule has 1 aromatic heterocycles. The monoisotopic (exact) mass is 208 g/mol. The second-order valence-electron chi connectivity index (χ2n) is 2.68. The van der Waals surface area contributed by atoms with Gasteiger partial charge in [0.05, 0.1) is 31.8 Å². The highest BCUT2D eigenvalue weighted by atomic mass is 16.5. The van der Waals surface area contributed by atoms with Crippen molar-refractivity contribution in [2.45, 2.75) is 0 Å². The maximum atomic E-state index is 11.0. The quantitative estimate of drug-likeness (QED) is 0.688. The topological polar surface area (TPSA) is 61.3 Å². The summed E-state index contributed by atoms with van der Waals surface area (Å²) in [5.74, 6) is -0.491. The molecule has 80 valence electrons. The van der Waals surface area contributed by atoms with Crippen LogP contribution in [0.5, 0.6) is 0 Å². The Morgan fingerprint density at radius 3 is 2.73 bits per heavy atom. The fraction of sp³-hybridized carbons (Fsp3) is 0.300. The Morgan fingerprint density at radius 2 is 2.20 bits per heavy atom. The first kappa shape index (κ1) is 11.3. The van der Waals surface area contributed by atoms with E-state index >= 15 is 0 Å². The highest BCUT2D eigenvalue weighted by Crippen LogP contribution is 1.99. The van der Waals surface area contributed by atoms with Gasteiger partial charge in [-0.25, -0.2) is 9.78 Å². The molecule has 5 nitrogen and oxygen atoms in total. The molecule has 0 saturated carbocycles. The first-order valence-corrected chi connectivity index (χ1v) is 4.33. The Labute approximate surface area is 87.8 Å². The summed E-state index contributed by atoms with van der Waals surface area (Å²) in [6, 6.07) is 0. The summed E-state index contributed by atoms with van der Waals surface area (Å²) in [6.07, 6.45) is 6.44. The molecule has 0 aromatic carbocycles. The van der Waals surface area contributed by atoms with E-state index in [9.17, 15) is 4.79 Å². The van der Waals surface area contributed by atoms with E-state index in [0.29, 0.717) is 12.3 Å². The number of ether oxygens (including phenoxy) is 2. The molecule has 0 unspecified atom stereocenters. The van der Waals surface area contributed by atoms with Crippen LogP contribution >= 0.6 is 0 Å². The molecule has 1 heterocycles. The van der Waals surface area contributed by atoms with Crippen LogP contribution in [0.15, 0.2) is 18.5 Å². The van der Waals surface area contributed by atoms with Crippen LogP contribution in [0.25, 0.3) is 6.08 Å². The number of carbonyl (C=O) groups is 1. The van der Waals surface area contributed by atoms with Gasteiger partial charge in [-0.3, -0.25) is 4.98 Å². The summed E-state index contributed by atoms with van der Waals surface area (Å²) in [6.45, 7) is 0.514. The summed E-state index contributed by atoms with van der Waals surface area (Å²) >= 11 is 0. The highest BCUT2D eigenvalue weighted by Gasteiger charge is 2.05. The summed E-state index contributed by atoms with van der Waals surface area (Å²) in [7, 11) is 2.91. The average molecular weight is 208 g/mol. The molecule has 0 saturated heterocycles. The molecule has 0 N–H and O–H groups in total. The lowest BCUT2D eigenvalue weighted by Crippen LogP contribution is -2.04. The number of rotatable bonds is 4. The van der Waals surface area contributed by atoms with Crippen LogP contribution in [0.2, 0.25) is 0 Å². The van der Waals surface area contributed by atoms with Crippen molar-refractivity contribution in [1.29, 1.82) is 0 Å². The highest BCUT2D eigenvalue weighted by molar-refractivity contribution is 5.86. The molecule has 1 aromatic rings. The van der Waals surface area contributed by atoms with Crippen LogP contribution in [-0.4, -0.2) is 36.8 Å². The second kappa shape index (κ2) is 5.87. The largest absolute Gasteiger partial charge is 0.464 e. The molecule has 5 heteroatoms. The molecule has 1 rings (SSSR count). The molecule has 0 radical (unpaired) electrons. The molecule has 0 atom stereocenters. The van der Waals surface area contributed by atoms with Crippen LogP contribution in [0.1, 0.15) is 16.2 Å². The Morgan fingerprint density at radius 1 is 1.40 bits per heavy atom. The third kappa shape index (κ3) is 3.47. The van der Waals surface area contributed by atoms with Gasteiger partial charge in [0.25, 0.3) is 0 Å². The van der Waals surface area contributed by atoms with Gasteiger partial charge in [-0.2, -0.15) is 0 Å². The van der Waals surface area contributed by atoms with Crippen molar-refractivity contribution in [2.24, 2.45) is 0 Å². The predicted molar refractivity (Wildman–Crippen MR) is 54.3 cm³/mol. The van der Waals surface area contributed by atoms with E-state index in [0.717, 1.165) is 0 Å². The lowest BCUT2D eigenvalue weighted by molar-refractivity contribution is 0.0593. The Bertz CT molecular complexity index is 346. The second-order valence-corrected chi connectivity index (χ2v) is 2.68. The third-order valence-corrected chi connectivity index (χ3v) is 1.62. The van der Waals surface area contributed by atoms with Gasteiger partial charge in [0.2, 0.25) is 0 Å². The third-order valence-electron chi connectivity index (χ3n) is 1.62. The van der Waals surface area contributed by atoms with Gasteiger partial charge < -0.3 is 9.47 Å². The van der Waals surface area contributed by atoms with Crippen molar-refractivity contribution in [3.05, 3.63) is 29.9 Å². The SMILES string of the molecule is COC/C=C\c1cnc(C(=O)OC)cn1. The van der Waals surface area contributed by atoms with Gasteiger partial charge in [0.15, 0.2) is 5.69 Å². The lowest BCUT2D eigenvalue weighted by Gasteiger charge is -1.97. The van der Waals surface area contributed by atoms with Crippen molar-refractivity contribution in [3.63, 3.8) is 0 Å². The van der Waals surface area contributed by atoms with Crippen LogP contribution in [0.3, 0.4) is 0 Å². The molecule has 0 spiro atoms. The Balaban J connectivity index is 2.68. The smallest absolute Gasteiger partial charge is 0.358 e. The van der Waals surface area contributed by atoms with E-state index in [1.54, 1.807) is 13.2 Å². The van der Waals surface area contributed by atoms with Gasteiger partial charge in [0, 0.05) is 7.11 Å². The van der Waals surface area contributed by atoms with E-state index in [4.69, 9.17) is 4.74 Å². The van der Waals surface area contributed by atoms with Gasteiger partial charge in [-0.05, 0) is 6.08 Å². The van der Waals surface area contributed by atoms with Crippen molar-refractivity contribution in [2.75, 3.05) is 20.8 Å². The van der Waals surface area contributed by atoms with Gasteiger partial charge >= 0.3 is 5.97 Å². The van der Waals surface area contributed by atoms with E-state index in [1.165, 1.54) is 19.5 Å².